The van der Waals surface area contributed by atoms with E-state index in [0.717, 1.165) is 0 Å². The summed E-state index contributed by atoms with van der Waals surface area (Å²) < 4.78 is 5.07. The third kappa shape index (κ3) is 6.15. The summed E-state index contributed by atoms with van der Waals surface area (Å²) in [6, 6.07) is 4.60. The third-order valence-corrected chi connectivity index (χ3v) is 2.81. The van der Waals surface area contributed by atoms with Gasteiger partial charge in [-0.25, -0.2) is 14.4 Å². The van der Waals surface area contributed by atoms with E-state index in [1.807, 2.05) is 0 Å². The van der Waals surface area contributed by atoms with E-state index >= 15 is 0 Å². The van der Waals surface area contributed by atoms with Crippen LogP contribution < -0.4 is 10.6 Å². The van der Waals surface area contributed by atoms with E-state index in [1.165, 1.54) is 17.0 Å². The van der Waals surface area contributed by atoms with E-state index in [4.69, 9.17) is 4.74 Å². The Morgan fingerprint density at radius 2 is 1.67 bits per heavy atom. The molecular formula is C16H23N3O5. The highest BCUT2D eigenvalue weighted by molar-refractivity contribution is 5.89. The second kappa shape index (κ2) is 7.67. The number of carbonyl (C=O) groups excluding carboxylic acids is 2. The van der Waals surface area contributed by atoms with Crippen LogP contribution in [0.15, 0.2) is 24.3 Å². The van der Waals surface area contributed by atoms with Crippen LogP contribution in [-0.2, 0) is 9.53 Å². The number of alkyl carbamates (subject to hydrolysis) is 1. The van der Waals surface area contributed by atoms with Crippen LogP contribution in [0.2, 0.25) is 0 Å². The van der Waals surface area contributed by atoms with Gasteiger partial charge in [0, 0.05) is 19.8 Å². The Hall–Kier alpha value is -2.77. The molecule has 0 heterocycles. The van der Waals surface area contributed by atoms with Crippen LogP contribution in [0.1, 0.15) is 32.4 Å². The molecule has 1 aromatic carbocycles. The fraction of sp³-hybridized carbons (Fsp3) is 0.438. The first-order chi connectivity index (χ1) is 11.0. The molecular weight excluding hydrogens is 314 g/mol. The molecule has 3 N–H and O–H groups in total. The molecule has 8 nitrogen and oxygen atoms in total. The average molecular weight is 337 g/mol. The molecule has 0 aromatic heterocycles. The van der Waals surface area contributed by atoms with Gasteiger partial charge in [-0.3, -0.25) is 0 Å². The highest BCUT2D eigenvalue weighted by atomic mass is 16.6. The lowest BCUT2D eigenvalue weighted by Gasteiger charge is -2.22. The van der Waals surface area contributed by atoms with Gasteiger partial charge in [0.2, 0.25) is 0 Å². The number of amides is 3. The zero-order valence-corrected chi connectivity index (χ0v) is 14.4. The van der Waals surface area contributed by atoms with Crippen LogP contribution in [0.3, 0.4) is 0 Å². The number of hydrogen-bond acceptors (Lipinski definition) is 4. The minimum atomic E-state index is -1.25. The van der Waals surface area contributed by atoms with Gasteiger partial charge in [0.05, 0.1) is 0 Å². The Kier molecular flexibility index (Phi) is 6.16. The van der Waals surface area contributed by atoms with E-state index in [0.29, 0.717) is 11.3 Å². The van der Waals surface area contributed by atoms with Gasteiger partial charge < -0.3 is 25.4 Å². The van der Waals surface area contributed by atoms with E-state index in [9.17, 15) is 19.5 Å². The number of rotatable bonds is 4. The summed E-state index contributed by atoms with van der Waals surface area (Å²) in [5.74, 6) is -1.22. The van der Waals surface area contributed by atoms with Crippen molar-refractivity contribution in [1.82, 2.24) is 10.2 Å². The Balaban J connectivity index is 2.84. The van der Waals surface area contributed by atoms with Crippen molar-refractivity contribution in [3.63, 3.8) is 0 Å². The first-order valence-electron chi connectivity index (χ1n) is 7.30. The molecule has 0 unspecified atom stereocenters. The number of carboxylic acid groups (broad SMARTS) is 1. The normalized spacial score (nSPS) is 12.0. The summed E-state index contributed by atoms with van der Waals surface area (Å²) in [5, 5.41) is 14.3. The highest BCUT2D eigenvalue weighted by Crippen LogP contribution is 2.18. The van der Waals surface area contributed by atoms with Gasteiger partial charge in [0.1, 0.15) is 5.60 Å². The standard InChI is InChI=1S/C16H23N3O5/c1-16(2,3)24-15(23)18-12(13(20)21)10-6-8-11(9-7-10)17-14(22)19(4)5/h6-9,12H,1-5H3,(H,17,22)(H,18,23)(H,20,21)/t12-/m1/s1. The molecule has 1 aromatic rings. The number of nitrogens with one attached hydrogen (secondary N) is 2. The lowest BCUT2D eigenvalue weighted by Crippen LogP contribution is -2.38. The summed E-state index contributed by atoms with van der Waals surface area (Å²) in [6.07, 6.45) is -0.820. The number of aliphatic carboxylic acids is 1. The topological polar surface area (TPSA) is 108 Å². The Morgan fingerprint density at radius 3 is 2.08 bits per heavy atom. The maximum absolute atomic E-state index is 11.8. The molecule has 0 radical (unpaired) electrons. The number of carboxylic acids is 1. The first kappa shape index (κ1) is 19.3. The minimum Gasteiger partial charge on any atom is -0.479 e. The van der Waals surface area contributed by atoms with Crippen molar-refractivity contribution in [1.29, 1.82) is 0 Å². The molecule has 0 bridgehead atoms. The van der Waals surface area contributed by atoms with Crippen LogP contribution in [0.4, 0.5) is 15.3 Å². The van der Waals surface area contributed by atoms with Crippen molar-refractivity contribution in [3.05, 3.63) is 29.8 Å². The number of urea groups is 1. The zero-order chi connectivity index (χ0) is 18.5. The van der Waals surface area contributed by atoms with Crippen molar-refractivity contribution in [2.45, 2.75) is 32.4 Å². The van der Waals surface area contributed by atoms with Crippen molar-refractivity contribution in [2.24, 2.45) is 0 Å². The maximum Gasteiger partial charge on any atom is 0.408 e. The fourth-order valence-electron chi connectivity index (χ4n) is 1.71. The molecule has 0 saturated carbocycles. The average Bonchev–Trinajstić information content (AvgIpc) is 2.43. The molecule has 132 valence electrons. The Bertz CT molecular complexity index is 605. The highest BCUT2D eigenvalue weighted by Gasteiger charge is 2.25. The Morgan fingerprint density at radius 1 is 1.12 bits per heavy atom. The largest absolute Gasteiger partial charge is 0.479 e. The molecule has 0 spiro atoms. The number of hydrogen-bond donors (Lipinski definition) is 3. The van der Waals surface area contributed by atoms with Gasteiger partial charge in [-0.15, -0.1) is 0 Å². The van der Waals surface area contributed by atoms with E-state index in [1.54, 1.807) is 47.0 Å². The molecule has 0 aliphatic rings. The number of anilines is 1. The van der Waals surface area contributed by atoms with Gasteiger partial charge in [-0.1, -0.05) is 12.1 Å². The second-order valence-corrected chi connectivity index (χ2v) is 6.36. The fourth-order valence-corrected chi connectivity index (χ4v) is 1.71. The molecule has 24 heavy (non-hydrogen) atoms. The molecule has 3 amide bonds. The number of nitrogens with zero attached hydrogens (tertiary/aromatic N) is 1. The summed E-state index contributed by atoms with van der Waals surface area (Å²) in [6.45, 7) is 5.06. The van der Waals surface area contributed by atoms with Crippen molar-refractivity contribution >= 4 is 23.8 Å². The van der Waals surface area contributed by atoms with Gasteiger partial charge >= 0.3 is 18.1 Å². The van der Waals surface area contributed by atoms with Gasteiger partial charge in [0.15, 0.2) is 6.04 Å². The smallest absolute Gasteiger partial charge is 0.408 e. The summed E-state index contributed by atoms with van der Waals surface area (Å²) in [5.41, 5.74) is 0.142. The third-order valence-electron chi connectivity index (χ3n) is 2.81. The second-order valence-electron chi connectivity index (χ2n) is 6.36. The van der Waals surface area contributed by atoms with Crippen LogP contribution in [0.25, 0.3) is 0 Å². The quantitative estimate of drug-likeness (QED) is 0.782. The van der Waals surface area contributed by atoms with Crippen LogP contribution in [0.5, 0.6) is 0 Å². The predicted molar refractivity (Wildman–Crippen MR) is 88.9 cm³/mol. The van der Waals surface area contributed by atoms with Gasteiger partial charge in [0.25, 0.3) is 0 Å². The Labute approximate surface area is 140 Å². The monoisotopic (exact) mass is 337 g/mol. The molecule has 0 saturated heterocycles. The van der Waals surface area contributed by atoms with Gasteiger partial charge in [-0.2, -0.15) is 0 Å². The number of carbonyl (C=O) groups is 3. The van der Waals surface area contributed by atoms with Crippen molar-refractivity contribution in [2.75, 3.05) is 19.4 Å². The first-order valence-corrected chi connectivity index (χ1v) is 7.30. The molecule has 1 rings (SSSR count). The maximum atomic E-state index is 11.8. The minimum absolute atomic E-state index is 0.301. The molecule has 0 fully saturated rings. The summed E-state index contributed by atoms with van der Waals surface area (Å²) in [4.78, 5) is 36.1. The lowest BCUT2D eigenvalue weighted by atomic mass is 10.1. The summed E-state index contributed by atoms with van der Waals surface area (Å²) in [7, 11) is 3.21. The number of benzene rings is 1. The number of ether oxygens (including phenoxy) is 1. The molecule has 0 aliphatic heterocycles. The zero-order valence-electron chi connectivity index (χ0n) is 14.4. The summed E-state index contributed by atoms with van der Waals surface area (Å²) >= 11 is 0. The predicted octanol–water partition coefficient (Wildman–Crippen LogP) is 2.43. The van der Waals surface area contributed by atoms with E-state index in [2.05, 4.69) is 10.6 Å². The SMILES string of the molecule is CN(C)C(=O)Nc1ccc([C@@H](NC(=O)OC(C)(C)C)C(=O)O)cc1. The van der Waals surface area contributed by atoms with Crippen molar-refractivity contribution in [3.8, 4) is 0 Å². The van der Waals surface area contributed by atoms with Crippen LogP contribution >= 0.6 is 0 Å². The van der Waals surface area contributed by atoms with Gasteiger partial charge in [-0.05, 0) is 38.5 Å². The lowest BCUT2D eigenvalue weighted by molar-refractivity contribution is -0.139. The molecule has 8 heteroatoms. The van der Waals surface area contributed by atoms with E-state index < -0.39 is 23.7 Å². The van der Waals surface area contributed by atoms with Crippen molar-refractivity contribution < 1.29 is 24.2 Å². The van der Waals surface area contributed by atoms with Crippen LogP contribution in [-0.4, -0.2) is 47.8 Å². The van der Waals surface area contributed by atoms with E-state index in [-0.39, 0.29) is 6.03 Å². The molecule has 1 atom stereocenters. The van der Waals surface area contributed by atoms with Crippen LogP contribution in [0, 0.1) is 0 Å². The molecule has 0 aliphatic carbocycles.